The van der Waals surface area contributed by atoms with Crippen molar-refractivity contribution in [2.24, 2.45) is 4.99 Å². The molecule has 0 atom stereocenters. The maximum atomic E-state index is 11.8. The number of anilines is 1. The van der Waals surface area contributed by atoms with E-state index in [2.05, 4.69) is 20.9 Å². The molecule has 8 heteroatoms. The Hall–Kier alpha value is -1.84. The Bertz CT molecular complexity index is 704. The molecule has 3 N–H and O–H groups in total. The number of hydrogen-bond donors (Lipinski definition) is 3. The van der Waals surface area contributed by atoms with Crippen molar-refractivity contribution in [2.75, 3.05) is 24.5 Å². The number of amides is 2. The van der Waals surface area contributed by atoms with Crippen molar-refractivity contribution in [3.8, 4) is 0 Å². The van der Waals surface area contributed by atoms with Gasteiger partial charge in [0.2, 0.25) is 11.8 Å². The third kappa shape index (κ3) is 7.83. The molecule has 0 aromatic heterocycles. The average Bonchev–Trinajstić information content (AvgIpc) is 3.40. The van der Waals surface area contributed by atoms with Gasteiger partial charge < -0.3 is 20.9 Å². The molecule has 1 heterocycles. The monoisotopic (exact) mass is 513 g/mol. The minimum atomic E-state index is 0. The lowest BCUT2D eigenvalue weighted by molar-refractivity contribution is -0.121. The summed E-state index contributed by atoms with van der Waals surface area (Å²) in [6.07, 6.45) is 5.14. The van der Waals surface area contributed by atoms with Crippen molar-refractivity contribution in [3.05, 3.63) is 29.8 Å². The lowest BCUT2D eigenvalue weighted by atomic mass is 10.2. The molecule has 1 aromatic rings. The van der Waals surface area contributed by atoms with Crippen LogP contribution < -0.4 is 20.9 Å². The Balaban J connectivity index is 0.00000300. The van der Waals surface area contributed by atoms with Crippen LogP contribution in [-0.2, 0) is 16.1 Å². The number of benzene rings is 1. The van der Waals surface area contributed by atoms with Crippen molar-refractivity contribution < 1.29 is 9.59 Å². The van der Waals surface area contributed by atoms with Crippen molar-refractivity contribution in [2.45, 2.75) is 58.0 Å². The van der Waals surface area contributed by atoms with Gasteiger partial charge in [-0.25, -0.2) is 4.99 Å². The fraction of sp³-hybridized carbons (Fsp3) is 0.571. The van der Waals surface area contributed by atoms with Crippen LogP contribution in [0, 0.1) is 0 Å². The standard InChI is InChI=1S/C21H31N5O2.HI/c1-2-22-21(23-13-3-5-19(27)25-17-9-10-17)24-15-16-7-11-18(12-8-16)26-14-4-6-20(26)28;/h7-8,11-12,17H,2-6,9-10,13-15H2,1H3,(H,25,27)(H2,22,23,24);1H. The largest absolute Gasteiger partial charge is 0.357 e. The van der Waals surface area contributed by atoms with Crippen molar-refractivity contribution in [1.29, 1.82) is 0 Å². The Kier molecular flexibility index (Phi) is 9.69. The summed E-state index contributed by atoms with van der Waals surface area (Å²) in [5.41, 5.74) is 2.06. The van der Waals surface area contributed by atoms with Gasteiger partial charge in [0.25, 0.3) is 0 Å². The number of guanidine groups is 1. The molecular weight excluding hydrogens is 481 g/mol. The van der Waals surface area contributed by atoms with Crippen LogP contribution in [0.2, 0.25) is 0 Å². The summed E-state index contributed by atoms with van der Waals surface area (Å²) in [5, 5.41) is 9.52. The van der Waals surface area contributed by atoms with Gasteiger partial charge in [-0.05, 0) is 50.3 Å². The van der Waals surface area contributed by atoms with Crippen molar-refractivity contribution in [1.82, 2.24) is 16.0 Å². The third-order valence-corrected chi connectivity index (χ3v) is 4.90. The molecule has 29 heavy (non-hydrogen) atoms. The van der Waals surface area contributed by atoms with Gasteiger partial charge in [0.1, 0.15) is 0 Å². The van der Waals surface area contributed by atoms with Gasteiger partial charge in [0.05, 0.1) is 6.54 Å². The molecule has 0 unspecified atom stereocenters. The topological polar surface area (TPSA) is 85.8 Å². The summed E-state index contributed by atoms with van der Waals surface area (Å²) in [6.45, 7) is 4.89. The minimum absolute atomic E-state index is 0. The second kappa shape index (κ2) is 12.0. The summed E-state index contributed by atoms with van der Waals surface area (Å²) in [6, 6.07) is 8.46. The van der Waals surface area contributed by atoms with E-state index in [0.29, 0.717) is 32.0 Å². The summed E-state index contributed by atoms with van der Waals surface area (Å²) in [7, 11) is 0. The zero-order valence-electron chi connectivity index (χ0n) is 17.1. The first kappa shape index (κ1) is 23.4. The Morgan fingerprint density at radius 2 is 1.97 bits per heavy atom. The van der Waals surface area contributed by atoms with Crippen LogP contribution >= 0.6 is 24.0 Å². The van der Waals surface area contributed by atoms with Gasteiger partial charge in [0.15, 0.2) is 5.96 Å². The molecule has 0 radical (unpaired) electrons. The van der Waals surface area contributed by atoms with Crippen LogP contribution in [0.1, 0.15) is 51.0 Å². The quantitative estimate of drug-likeness (QED) is 0.205. The van der Waals surface area contributed by atoms with Crippen molar-refractivity contribution in [3.63, 3.8) is 0 Å². The molecule has 0 bridgehead atoms. The molecule has 2 amide bonds. The Morgan fingerprint density at radius 1 is 1.21 bits per heavy atom. The maximum absolute atomic E-state index is 11.8. The number of nitrogens with zero attached hydrogens (tertiary/aromatic N) is 2. The summed E-state index contributed by atoms with van der Waals surface area (Å²) < 4.78 is 0. The van der Waals surface area contributed by atoms with Crippen molar-refractivity contribution >= 4 is 47.4 Å². The Morgan fingerprint density at radius 3 is 2.59 bits per heavy atom. The molecule has 7 nitrogen and oxygen atoms in total. The SMILES string of the molecule is CCNC(=NCc1ccc(N2CCCC2=O)cc1)NCCCC(=O)NC1CC1.I. The number of carbonyl (C=O) groups excluding carboxylic acids is 2. The van der Waals surface area contributed by atoms with E-state index in [0.717, 1.165) is 56.0 Å². The van der Waals surface area contributed by atoms with Gasteiger partial charge in [-0.2, -0.15) is 0 Å². The number of rotatable bonds is 9. The van der Waals surface area contributed by atoms with Crippen LogP contribution in [0.25, 0.3) is 0 Å². The highest BCUT2D eigenvalue weighted by Crippen LogP contribution is 2.21. The predicted octanol–water partition coefficient (Wildman–Crippen LogP) is 2.55. The molecule has 1 aromatic carbocycles. The van der Waals surface area contributed by atoms with Crippen LogP contribution in [-0.4, -0.2) is 43.5 Å². The molecule has 2 aliphatic rings. The third-order valence-electron chi connectivity index (χ3n) is 4.90. The van der Waals surface area contributed by atoms with E-state index in [4.69, 9.17) is 0 Å². The maximum Gasteiger partial charge on any atom is 0.227 e. The lowest BCUT2D eigenvalue weighted by Crippen LogP contribution is -2.38. The molecule has 1 aliphatic carbocycles. The summed E-state index contributed by atoms with van der Waals surface area (Å²) >= 11 is 0. The molecule has 0 spiro atoms. The smallest absolute Gasteiger partial charge is 0.227 e. The van der Waals surface area contributed by atoms with E-state index < -0.39 is 0 Å². The van der Waals surface area contributed by atoms with E-state index in [1.54, 1.807) is 0 Å². The normalized spacial score (nSPS) is 16.4. The van der Waals surface area contributed by atoms with Gasteiger partial charge in [-0.15, -0.1) is 24.0 Å². The summed E-state index contributed by atoms with van der Waals surface area (Å²) in [4.78, 5) is 30.0. The first-order chi connectivity index (χ1) is 13.7. The first-order valence-corrected chi connectivity index (χ1v) is 10.4. The highest BCUT2D eigenvalue weighted by atomic mass is 127. The van der Waals surface area contributed by atoms with Gasteiger partial charge >= 0.3 is 0 Å². The second-order valence-electron chi connectivity index (χ2n) is 7.38. The van der Waals surface area contributed by atoms with E-state index in [1.165, 1.54) is 0 Å². The first-order valence-electron chi connectivity index (χ1n) is 10.4. The van der Waals surface area contributed by atoms with E-state index in [9.17, 15) is 9.59 Å². The number of nitrogens with one attached hydrogen (secondary N) is 3. The van der Waals surface area contributed by atoms with Gasteiger partial charge in [0, 0.05) is 44.2 Å². The number of aliphatic imine (C=N–C) groups is 1. The molecular formula is C21H32IN5O2. The molecule has 1 aliphatic heterocycles. The predicted molar refractivity (Wildman–Crippen MR) is 127 cm³/mol. The molecule has 3 rings (SSSR count). The molecule has 1 saturated carbocycles. The number of carbonyl (C=O) groups is 2. The highest BCUT2D eigenvalue weighted by Gasteiger charge is 2.23. The molecule has 2 fully saturated rings. The Labute approximate surface area is 190 Å². The molecule has 1 saturated heterocycles. The average molecular weight is 513 g/mol. The van der Waals surface area contributed by atoms with Gasteiger partial charge in [-0.1, -0.05) is 12.1 Å². The number of hydrogen-bond acceptors (Lipinski definition) is 3. The van der Waals surface area contributed by atoms with E-state index in [-0.39, 0.29) is 35.8 Å². The highest BCUT2D eigenvalue weighted by molar-refractivity contribution is 14.0. The minimum Gasteiger partial charge on any atom is -0.357 e. The number of halogens is 1. The zero-order valence-corrected chi connectivity index (χ0v) is 19.4. The lowest BCUT2D eigenvalue weighted by Gasteiger charge is -2.16. The van der Waals surface area contributed by atoms with E-state index in [1.807, 2.05) is 36.1 Å². The fourth-order valence-electron chi connectivity index (χ4n) is 3.20. The van der Waals surface area contributed by atoms with Crippen LogP contribution in [0.3, 0.4) is 0 Å². The zero-order chi connectivity index (χ0) is 19.8. The summed E-state index contributed by atoms with van der Waals surface area (Å²) in [5.74, 6) is 1.10. The van der Waals surface area contributed by atoms with E-state index >= 15 is 0 Å². The van der Waals surface area contributed by atoms with Crippen LogP contribution in [0.5, 0.6) is 0 Å². The molecule has 160 valence electrons. The fourth-order valence-corrected chi connectivity index (χ4v) is 3.20. The second-order valence-corrected chi connectivity index (χ2v) is 7.38. The van der Waals surface area contributed by atoms with Gasteiger partial charge in [-0.3, -0.25) is 9.59 Å². The van der Waals surface area contributed by atoms with Crippen LogP contribution in [0.15, 0.2) is 29.3 Å². The van der Waals surface area contributed by atoms with Crippen LogP contribution in [0.4, 0.5) is 5.69 Å².